The molecule has 0 aliphatic heterocycles. The van der Waals surface area contributed by atoms with Gasteiger partial charge < -0.3 is 4.57 Å². The monoisotopic (exact) mass is 235 g/mol. The number of rotatable bonds is 1. The van der Waals surface area contributed by atoms with Gasteiger partial charge in [-0.15, -0.1) is 18.5 Å². The molecule has 78 valence electrons. The first-order chi connectivity index (χ1) is 7.13. The van der Waals surface area contributed by atoms with E-state index >= 15 is 0 Å². The number of nitrogens with zero attached hydrogens (tertiary/aromatic N) is 1. The van der Waals surface area contributed by atoms with E-state index in [0.29, 0.717) is 0 Å². The van der Waals surface area contributed by atoms with Gasteiger partial charge in [-0.1, -0.05) is 18.2 Å². The second-order valence-corrected chi connectivity index (χ2v) is 4.82. The first-order valence-corrected chi connectivity index (χ1v) is 6.06. The van der Waals surface area contributed by atoms with Crippen molar-refractivity contribution in [2.24, 2.45) is 0 Å². The lowest BCUT2D eigenvalue weighted by Gasteiger charge is -2.09. The van der Waals surface area contributed by atoms with Crippen LogP contribution in [0, 0.1) is 13.8 Å². The van der Waals surface area contributed by atoms with Crippen LogP contribution in [-0.4, -0.2) is 4.57 Å². The average molecular weight is 235 g/mol. The Morgan fingerprint density at radius 1 is 0.867 bits per heavy atom. The lowest BCUT2D eigenvalue weighted by Crippen LogP contribution is -2.08. The maximum atomic E-state index is 2.81. The van der Waals surface area contributed by atoms with Crippen LogP contribution in [0.1, 0.15) is 11.4 Å². The van der Waals surface area contributed by atoms with Crippen LogP contribution in [0.15, 0.2) is 30.3 Å². The minimum atomic E-state index is 1.23. The number of hydrogen-bond donors (Lipinski definition) is 0. The predicted molar refractivity (Wildman–Crippen MR) is 73.9 cm³/mol. The molecule has 3 heteroatoms. The van der Waals surface area contributed by atoms with Gasteiger partial charge in [-0.3, -0.25) is 0 Å². The zero-order valence-corrected chi connectivity index (χ0v) is 11.3. The predicted octanol–water partition coefficient (Wildman–Crippen LogP) is 2.09. The quantitative estimate of drug-likeness (QED) is 0.667. The van der Waals surface area contributed by atoms with E-state index in [4.69, 9.17) is 0 Å². The Morgan fingerprint density at radius 2 is 1.33 bits per heavy atom. The molecule has 1 aromatic heterocycles. The molecule has 1 heterocycles. The second kappa shape index (κ2) is 4.08. The van der Waals surface area contributed by atoms with Crippen LogP contribution in [0.5, 0.6) is 0 Å². The molecule has 0 saturated heterocycles. The van der Waals surface area contributed by atoms with Gasteiger partial charge in [0.25, 0.3) is 0 Å². The van der Waals surface area contributed by atoms with Crippen molar-refractivity contribution in [3.63, 3.8) is 0 Å². The highest BCUT2D eigenvalue weighted by Crippen LogP contribution is 2.16. The Kier molecular flexibility index (Phi) is 2.96. The summed E-state index contributed by atoms with van der Waals surface area (Å²) >= 11 is 0. The van der Waals surface area contributed by atoms with E-state index in [0.717, 1.165) is 0 Å². The minimum absolute atomic E-state index is 1.23. The summed E-state index contributed by atoms with van der Waals surface area (Å²) in [6.07, 6.45) is 0. The van der Waals surface area contributed by atoms with E-state index in [2.05, 4.69) is 61.2 Å². The van der Waals surface area contributed by atoms with E-state index in [1.807, 2.05) is 6.07 Å². The highest BCUT2D eigenvalue weighted by Gasteiger charge is 2.11. The first-order valence-electron chi connectivity index (χ1n) is 4.91. The van der Waals surface area contributed by atoms with Gasteiger partial charge in [0.2, 0.25) is 0 Å². The van der Waals surface area contributed by atoms with Gasteiger partial charge in [-0.05, 0) is 36.6 Å². The van der Waals surface area contributed by atoms with Crippen molar-refractivity contribution in [1.82, 2.24) is 4.57 Å². The van der Waals surface area contributed by atoms with Crippen LogP contribution in [0.25, 0.3) is 5.69 Å². The molecule has 15 heavy (non-hydrogen) atoms. The fourth-order valence-electron chi connectivity index (χ4n) is 1.85. The Bertz CT molecular complexity index is 461. The zero-order valence-electron chi connectivity index (χ0n) is 8.99. The third-order valence-corrected chi connectivity index (χ3v) is 4.55. The van der Waals surface area contributed by atoms with Gasteiger partial charge in [-0.2, -0.15) is 0 Å². The topological polar surface area (TPSA) is 4.93 Å². The largest absolute Gasteiger partial charge is 0.317 e. The van der Waals surface area contributed by atoms with Gasteiger partial charge in [0.1, 0.15) is 0 Å². The lowest BCUT2D eigenvalue weighted by molar-refractivity contribution is 0.973. The molecule has 1 aromatic carbocycles. The summed E-state index contributed by atoms with van der Waals surface area (Å²) in [5.74, 6) is 0. The summed E-state index contributed by atoms with van der Waals surface area (Å²) in [6, 6.07) is 10.4. The third-order valence-electron chi connectivity index (χ3n) is 2.75. The second-order valence-electron chi connectivity index (χ2n) is 3.67. The highest BCUT2D eigenvalue weighted by molar-refractivity contribution is 7.36. The minimum Gasteiger partial charge on any atom is -0.317 e. The number of benzene rings is 1. The summed E-state index contributed by atoms with van der Waals surface area (Å²) in [6.45, 7) is 4.30. The summed E-state index contributed by atoms with van der Waals surface area (Å²) in [5, 5.41) is 2.56. The van der Waals surface area contributed by atoms with Crippen LogP contribution in [0.3, 0.4) is 0 Å². The lowest BCUT2D eigenvalue weighted by atomic mass is 10.3. The van der Waals surface area contributed by atoms with E-state index in [1.165, 1.54) is 27.7 Å². The van der Waals surface area contributed by atoms with Crippen LogP contribution < -0.4 is 10.6 Å². The van der Waals surface area contributed by atoms with E-state index < -0.39 is 0 Å². The van der Waals surface area contributed by atoms with Gasteiger partial charge in [0.15, 0.2) is 0 Å². The Morgan fingerprint density at radius 3 is 1.80 bits per heavy atom. The molecular weight excluding hydrogens is 220 g/mol. The third kappa shape index (κ3) is 1.75. The van der Waals surface area contributed by atoms with Gasteiger partial charge >= 0.3 is 0 Å². The molecule has 1 nitrogen and oxygen atoms in total. The summed E-state index contributed by atoms with van der Waals surface area (Å²) in [7, 11) is 5.62. The molecule has 2 rings (SSSR count). The van der Waals surface area contributed by atoms with Gasteiger partial charge in [0, 0.05) is 17.1 Å². The van der Waals surface area contributed by atoms with E-state index in [9.17, 15) is 0 Å². The Hall–Kier alpha value is -0.640. The highest BCUT2D eigenvalue weighted by atomic mass is 31.0. The Balaban J connectivity index is 2.69. The maximum absolute atomic E-state index is 2.81. The molecule has 0 radical (unpaired) electrons. The molecule has 0 aliphatic rings. The average Bonchev–Trinajstić information content (AvgIpc) is 2.45. The van der Waals surface area contributed by atoms with Crippen LogP contribution >= 0.6 is 18.5 Å². The van der Waals surface area contributed by atoms with Crippen molar-refractivity contribution in [3.8, 4) is 5.69 Å². The number of hydrogen-bond acceptors (Lipinski definition) is 0. The molecule has 2 unspecified atom stereocenters. The molecule has 0 aliphatic carbocycles. The number of para-hydroxylation sites is 1. The van der Waals surface area contributed by atoms with Crippen LogP contribution in [0.2, 0.25) is 0 Å². The molecular formula is C12H15NP2. The molecule has 0 N–H and O–H groups in total. The van der Waals surface area contributed by atoms with E-state index in [-0.39, 0.29) is 0 Å². The molecule has 0 bridgehead atoms. The van der Waals surface area contributed by atoms with Crippen molar-refractivity contribution in [2.45, 2.75) is 13.8 Å². The zero-order chi connectivity index (χ0) is 11.0. The normalized spacial score (nSPS) is 10.7. The summed E-state index contributed by atoms with van der Waals surface area (Å²) < 4.78 is 2.28. The van der Waals surface area contributed by atoms with Gasteiger partial charge in [0.05, 0.1) is 0 Å². The SMILES string of the molecule is Cc1c(P)c(P)c(C)n1-c1ccccc1. The molecule has 2 atom stereocenters. The van der Waals surface area contributed by atoms with Gasteiger partial charge in [-0.25, -0.2) is 0 Å². The molecule has 0 spiro atoms. The maximum Gasteiger partial charge on any atom is 0.0455 e. The summed E-state index contributed by atoms with van der Waals surface area (Å²) in [5.41, 5.74) is 3.80. The van der Waals surface area contributed by atoms with Crippen molar-refractivity contribution in [3.05, 3.63) is 41.7 Å². The number of aromatic nitrogens is 1. The van der Waals surface area contributed by atoms with Crippen molar-refractivity contribution < 1.29 is 0 Å². The fourth-order valence-corrected chi connectivity index (χ4v) is 2.52. The summed E-state index contributed by atoms with van der Waals surface area (Å²) in [4.78, 5) is 0. The van der Waals surface area contributed by atoms with Crippen LogP contribution in [0.4, 0.5) is 0 Å². The molecule has 2 aromatic rings. The van der Waals surface area contributed by atoms with Crippen LogP contribution in [-0.2, 0) is 0 Å². The fraction of sp³-hybridized carbons (Fsp3) is 0.167. The molecule has 0 saturated carbocycles. The molecule has 0 amide bonds. The first kappa shape index (κ1) is 10.9. The van der Waals surface area contributed by atoms with Crippen molar-refractivity contribution in [2.75, 3.05) is 0 Å². The van der Waals surface area contributed by atoms with Crippen molar-refractivity contribution in [1.29, 1.82) is 0 Å². The van der Waals surface area contributed by atoms with E-state index in [1.54, 1.807) is 0 Å². The molecule has 0 fully saturated rings. The Labute approximate surface area is 95.3 Å². The standard InChI is InChI=1S/C12H15NP2/c1-8-11(14)12(15)9(2)13(8)10-6-4-3-5-7-10/h3-7H,14-15H2,1-2H3. The van der Waals surface area contributed by atoms with Crippen molar-refractivity contribution >= 4 is 29.1 Å². The smallest absolute Gasteiger partial charge is 0.0455 e.